The maximum Gasteiger partial charge on any atom is 0.311 e. The largest absolute Gasteiger partial charge is 0.490 e. The number of hydrogen-bond donors (Lipinski definition) is 0. The number of carbonyl (C=O) groups is 3. The molecule has 2 atom stereocenters. The van der Waals surface area contributed by atoms with Gasteiger partial charge in [0.2, 0.25) is 5.91 Å². The molecule has 0 bridgehead atoms. The van der Waals surface area contributed by atoms with Crippen LogP contribution >= 0.6 is 11.6 Å². The molecule has 0 N–H and O–H groups in total. The Bertz CT molecular complexity index is 1460. The Kier molecular flexibility index (Phi) is 9.02. The van der Waals surface area contributed by atoms with Crippen molar-refractivity contribution in [2.45, 2.75) is 52.6 Å². The number of para-hydroxylation sites is 1. The standard InChI is InChI=1S/C32H34ClFN2O5/c1-20-17-28(36(21(2)37)24-10-8-9-23(33)19-24)25-11-6-7-12-27(25)35(20)30(38)22-13-14-29(26(34)18-22)41-16-15-32(3,4)31(39)40-5/h6-14,18-20,28H,15-17H2,1-5H3/t20-,28+/m0/s1. The summed E-state index contributed by atoms with van der Waals surface area (Å²) in [6.45, 7) is 6.98. The summed E-state index contributed by atoms with van der Waals surface area (Å²) < 4.78 is 25.4. The number of fused-ring (bicyclic) bond motifs is 1. The third-order valence-electron chi connectivity index (χ3n) is 7.42. The molecule has 3 aromatic rings. The molecule has 216 valence electrons. The summed E-state index contributed by atoms with van der Waals surface area (Å²) in [5.41, 5.74) is 1.53. The summed E-state index contributed by atoms with van der Waals surface area (Å²) in [6, 6.07) is 18.1. The molecule has 0 fully saturated rings. The lowest BCUT2D eigenvalue weighted by Gasteiger charge is -2.43. The van der Waals surface area contributed by atoms with E-state index < -0.39 is 11.2 Å². The Hall–Kier alpha value is -3.91. The second-order valence-electron chi connectivity index (χ2n) is 10.8. The van der Waals surface area contributed by atoms with Gasteiger partial charge in [0, 0.05) is 34.9 Å². The highest BCUT2D eigenvalue weighted by Crippen LogP contribution is 2.43. The number of methoxy groups -OCH3 is 1. The fraction of sp³-hybridized carbons (Fsp3) is 0.344. The van der Waals surface area contributed by atoms with Crippen molar-refractivity contribution >= 4 is 40.8 Å². The first-order valence-electron chi connectivity index (χ1n) is 13.4. The normalized spacial score (nSPS) is 16.5. The van der Waals surface area contributed by atoms with Crippen molar-refractivity contribution in [2.24, 2.45) is 5.41 Å². The van der Waals surface area contributed by atoms with Crippen LogP contribution < -0.4 is 14.5 Å². The van der Waals surface area contributed by atoms with Crippen molar-refractivity contribution in [3.05, 3.63) is 88.7 Å². The van der Waals surface area contributed by atoms with E-state index in [1.54, 1.807) is 41.8 Å². The number of esters is 1. The third kappa shape index (κ3) is 6.38. The number of carbonyl (C=O) groups excluding carboxylic acids is 3. The van der Waals surface area contributed by atoms with Gasteiger partial charge in [0.1, 0.15) is 0 Å². The molecule has 41 heavy (non-hydrogen) atoms. The van der Waals surface area contributed by atoms with E-state index >= 15 is 4.39 Å². The number of rotatable bonds is 8. The Morgan fingerprint density at radius 2 is 1.80 bits per heavy atom. The van der Waals surface area contributed by atoms with Crippen LogP contribution in [0.25, 0.3) is 0 Å². The van der Waals surface area contributed by atoms with Crippen LogP contribution in [0.4, 0.5) is 15.8 Å². The van der Waals surface area contributed by atoms with Gasteiger partial charge in [0.25, 0.3) is 5.91 Å². The van der Waals surface area contributed by atoms with Gasteiger partial charge >= 0.3 is 5.97 Å². The van der Waals surface area contributed by atoms with E-state index in [2.05, 4.69) is 0 Å². The Morgan fingerprint density at radius 3 is 2.46 bits per heavy atom. The molecular weight excluding hydrogens is 547 g/mol. The van der Waals surface area contributed by atoms with Crippen LogP contribution in [0.15, 0.2) is 66.7 Å². The molecular formula is C32H34ClFN2O5. The zero-order valence-electron chi connectivity index (χ0n) is 23.8. The molecule has 7 nitrogen and oxygen atoms in total. The van der Waals surface area contributed by atoms with E-state index in [1.807, 2.05) is 37.3 Å². The summed E-state index contributed by atoms with van der Waals surface area (Å²) >= 11 is 6.24. The minimum atomic E-state index is -0.776. The highest BCUT2D eigenvalue weighted by Gasteiger charge is 2.38. The zero-order valence-corrected chi connectivity index (χ0v) is 24.6. The van der Waals surface area contributed by atoms with Gasteiger partial charge in [-0.2, -0.15) is 0 Å². The first kappa shape index (κ1) is 30.1. The number of anilines is 2. The first-order chi connectivity index (χ1) is 19.4. The van der Waals surface area contributed by atoms with Crippen molar-refractivity contribution in [2.75, 3.05) is 23.5 Å². The van der Waals surface area contributed by atoms with Crippen LogP contribution in [0.2, 0.25) is 5.02 Å². The van der Waals surface area contributed by atoms with Crippen molar-refractivity contribution in [1.29, 1.82) is 0 Å². The number of amides is 2. The van der Waals surface area contributed by atoms with E-state index in [9.17, 15) is 14.4 Å². The smallest absolute Gasteiger partial charge is 0.311 e. The molecule has 0 unspecified atom stereocenters. The number of nitrogens with zero attached hydrogens (tertiary/aromatic N) is 2. The number of benzene rings is 3. The second-order valence-corrected chi connectivity index (χ2v) is 11.3. The predicted molar refractivity (Wildman–Crippen MR) is 157 cm³/mol. The average molecular weight is 581 g/mol. The predicted octanol–water partition coefficient (Wildman–Crippen LogP) is 6.98. The van der Waals surface area contributed by atoms with Gasteiger partial charge in [-0.3, -0.25) is 14.4 Å². The average Bonchev–Trinajstić information content (AvgIpc) is 2.93. The van der Waals surface area contributed by atoms with E-state index in [4.69, 9.17) is 21.1 Å². The van der Waals surface area contributed by atoms with Gasteiger partial charge in [-0.25, -0.2) is 4.39 Å². The number of hydrogen-bond acceptors (Lipinski definition) is 5. The minimum Gasteiger partial charge on any atom is -0.490 e. The molecule has 1 aliphatic rings. The maximum absolute atomic E-state index is 15.1. The summed E-state index contributed by atoms with van der Waals surface area (Å²) in [6.07, 6.45) is 0.796. The molecule has 0 saturated carbocycles. The van der Waals surface area contributed by atoms with Gasteiger partial charge in [-0.05, 0) is 81.6 Å². The fourth-order valence-corrected chi connectivity index (χ4v) is 5.41. The lowest BCUT2D eigenvalue weighted by Crippen LogP contribution is -2.47. The highest BCUT2D eigenvalue weighted by molar-refractivity contribution is 6.30. The Balaban J connectivity index is 1.59. The van der Waals surface area contributed by atoms with E-state index in [0.29, 0.717) is 29.2 Å². The molecule has 0 aliphatic carbocycles. The molecule has 3 aromatic carbocycles. The second kappa shape index (κ2) is 12.3. The SMILES string of the molecule is COC(=O)C(C)(C)CCOc1ccc(C(=O)N2c3ccccc3[C@H](N(C(C)=O)c3cccc(Cl)c3)C[C@@H]2C)cc1F. The molecule has 1 heterocycles. The van der Waals surface area contributed by atoms with E-state index in [1.165, 1.54) is 32.2 Å². The molecule has 4 rings (SSSR count). The lowest BCUT2D eigenvalue weighted by atomic mass is 9.89. The van der Waals surface area contributed by atoms with E-state index in [-0.39, 0.29) is 47.8 Å². The molecule has 1 aliphatic heterocycles. The molecule has 0 spiro atoms. The topological polar surface area (TPSA) is 76.2 Å². The lowest BCUT2D eigenvalue weighted by molar-refractivity contribution is -0.151. The summed E-state index contributed by atoms with van der Waals surface area (Å²) in [7, 11) is 1.32. The summed E-state index contributed by atoms with van der Waals surface area (Å²) in [4.78, 5) is 41.9. The molecule has 0 radical (unpaired) electrons. The van der Waals surface area contributed by atoms with Gasteiger partial charge < -0.3 is 19.3 Å². The van der Waals surface area contributed by atoms with Crippen molar-refractivity contribution in [3.8, 4) is 5.75 Å². The zero-order chi connectivity index (χ0) is 29.9. The van der Waals surface area contributed by atoms with Crippen molar-refractivity contribution < 1.29 is 28.2 Å². The van der Waals surface area contributed by atoms with Crippen LogP contribution in [0.1, 0.15) is 62.5 Å². The van der Waals surface area contributed by atoms with Crippen LogP contribution in [-0.4, -0.2) is 37.5 Å². The molecule has 2 amide bonds. The van der Waals surface area contributed by atoms with Crippen LogP contribution in [0, 0.1) is 11.2 Å². The Morgan fingerprint density at radius 1 is 1.07 bits per heavy atom. The van der Waals surface area contributed by atoms with Crippen molar-refractivity contribution in [1.82, 2.24) is 0 Å². The van der Waals surface area contributed by atoms with Crippen molar-refractivity contribution in [3.63, 3.8) is 0 Å². The van der Waals surface area contributed by atoms with Gasteiger partial charge in [-0.15, -0.1) is 0 Å². The minimum absolute atomic E-state index is 0.00649. The van der Waals surface area contributed by atoms with Gasteiger partial charge in [0.15, 0.2) is 11.6 Å². The first-order valence-corrected chi connectivity index (χ1v) is 13.8. The van der Waals surface area contributed by atoms with Crippen LogP contribution in [-0.2, 0) is 14.3 Å². The highest BCUT2D eigenvalue weighted by atomic mass is 35.5. The number of ether oxygens (including phenoxy) is 2. The van der Waals surface area contributed by atoms with Crippen LogP contribution in [0.3, 0.4) is 0 Å². The monoisotopic (exact) mass is 580 g/mol. The summed E-state index contributed by atoms with van der Waals surface area (Å²) in [5, 5.41) is 0.518. The molecule has 9 heteroatoms. The van der Waals surface area contributed by atoms with Gasteiger partial charge in [-0.1, -0.05) is 35.9 Å². The Labute approximate surface area is 244 Å². The third-order valence-corrected chi connectivity index (χ3v) is 7.65. The number of halogens is 2. The maximum atomic E-state index is 15.1. The summed E-state index contributed by atoms with van der Waals surface area (Å²) in [5.74, 6) is -1.57. The quantitative estimate of drug-likeness (QED) is 0.269. The molecule has 0 aromatic heterocycles. The molecule has 0 saturated heterocycles. The van der Waals surface area contributed by atoms with Crippen LogP contribution in [0.5, 0.6) is 5.75 Å². The fourth-order valence-electron chi connectivity index (χ4n) is 5.23. The van der Waals surface area contributed by atoms with Gasteiger partial charge in [0.05, 0.1) is 25.2 Å². The van der Waals surface area contributed by atoms with E-state index in [0.717, 1.165) is 5.56 Å².